The molecular weight excluding hydrogens is 354 g/mol. The van der Waals surface area contributed by atoms with E-state index in [1.54, 1.807) is 17.4 Å². The molecule has 3 rings (SSSR count). The summed E-state index contributed by atoms with van der Waals surface area (Å²) in [5.74, 6) is -0.0687. The van der Waals surface area contributed by atoms with Crippen LogP contribution in [0.15, 0.2) is 42.5 Å². The molecule has 1 aromatic heterocycles. The van der Waals surface area contributed by atoms with E-state index < -0.39 is 0 Å². The predicted molar refractivity (Wildman–Crippen MR) is 105 cm³/mol. The SMILES string of the molecule is Cc1ccc(Cl)cc1NC(=O)CN(C)[C@H](C)c1nc2ccccc2s1. The van der Waals surface area contributed by atoms with Crippen molar-refractivity contribution in [1.82, 2.24) is 9.88 Å². The van der Waals surface area contributed by atoms with Gasteiger partial charge in [-0.15, -0.1) is 11.3 Å². The van der Waals surface area contributed by atoms with Gasteiger partial charge in [0.05, 0.1) is 22.8 Å². The number of carbonyl (C=O) groups is 1. The number of para-hydroxylation sites is 1. The molecule has 0 spiro atoms. The molecule has 3 aromatic rings. The molecule has 1 N–H and O–H groups in total. The highest BCUT2D eigenvalue weighted by Crippen LogP contribution is 2.28. The molecule has 1 heterocycles. The first-order chi connectivity index (χ1) is 11.9. The number of amides is 1. The van der Waals surface area contributed by atoms with Crippen molar-refractivity contribution < 1.29 is 4.79 Å². The number of nitrogens with zero attached hydrogens (tertiary/aromatic N) is 2. The van der Waals surface area contributed by atoms with Crippen LogP contribution < -0.4 is 5.32 Å². The fraction of sp³-hybridized carbons (Fsp3) is 0.263. The Kier molecular flexibility index (Phi) is 5.37. The molecule has 0 aliphatic heterocycles. The first-order valence-electron chi connectivity index (χ1n) is 8.06. The summed E-state index contributed by atoms with van der Waals surface area (Å²) < 4.78 is 1.16. The van der Waals surface area contributed by atoms with Crippen molar-refractivity contribution in [2.24, 2.45) is 0 Å². The minimum atomic E-state index is -0.0687. The number of rotatable bonds is 5. The quantitative estimate of drug-likeness (QED) is 0.692. The molecule has 1 amide bonds. The largest absolute Gasteiger partial charge is 0.325 e. The molecule has 0 fully saturated rings. The second kappa shape index (κ2) is 7.52. The average Bonchev–Trinajstić information content (AvgIpc) is 3.01. The number of benzene rings is 2. The lowest BCUT2D eigenvalue weighted by Crippen LogP contribution is -2.32. The number of likely N-dealkylation sites (N-methyl/N-ethyl adjacent to an activating group) is 1. The lowest BCUT2D eigenvalue weighted by atomic mass is 10.2. The second-order valence-electron chi connectivity index (χ2n) is 6.12. The third kappa shape index (κ3) is 4.18. The second-order valence-corrected chi connectivity index (χ2v) is 7.62. The van der Waals surface area contributed by atoms with Crippen molar-refractivity contribution in [3.63, 3.8) is 0 Å². The number of nitrogens with one attached hydrogen (secondary N) is 1. The Morgan fingerprint density at radius 1 is 1.32 bits per heavy atom. The Bertz CT molecular complexity index is 876. The van der Waals surface area contributed by atoms with Gasteiger partial charge in [0.25, 0.3) is 0 Å². The maximum atomic E-state index is 12.4. The maximum absolute atomic E-state index is 12.4. The van der Waals surface area contributed by atoms with Gasteiger partial charge in [-0.1, -0.05) is 29.8 Å². The summed E-state index contributed by atoms with van der Waals surface area (Å²) in [6.45, 7) is 4.29. The topological polar surface area (TPSA) is 45.2 Å². The lowest BCUT2D eigenvalue weighted by molar-refractivity contribution is -0.117. The van der Waals surface area contributed by atoms with Crippen molar-refractivity contribution in [3.05, 3.63) is 58.1 Å². The highest BCUT2D eigenvalue weighted by atomic mass is 35.5. The van der Waals surface area contributed by atoms with E-state index in [1.165, 1.54) is 0 Å². The molecule has 6 heteroatoms. The summed E-state index contributed by atoms with van der Waals surface area (Å²) in [4.78, 5) is 19.1. The van der Waals surface area contributed by atoms with E-state index in [-0.39, 0.29) is 18.5 Å². The van der Waals surface area contributed by atoms with Crippen molar-refractivity contribution >= 4 is 44.7 Å². The Labute approximate surface area is 156 Å². The first-order valence-corrected chi connectivity index (χ1v) is 9.25. The molecule has 0 saturated heterocycles. The summed E-state index contributed by atoms with van der Waals surface area (Å²) >= 11 is 7.67. The molecule has 1 atom stereocenters. The van der Waals surface area contributed by atoms with E-state index in [4.69, 9.17) is 11.6 Å². The predicted octanol–water partition coefficient (Wildman–Crippen LogP) is 4.89. The molecule has 25 heavy (non-hydrogen) atoms. The Balaban J connectivity index is 1.67. The number of aryl methyl sites for hydroxylation is 1. The zero-order valence-electron chi connectivity index (χ0n) is 14.4. The van der Waals surface area contributed by atoms with Crippen LogP contribution >= 0.6 is 22.9 Å². The van der Waals surface area contributed by atoms with Gasteiger partial charge in [0.2, 0.25) is 5.91 Å². The van der Waals surface area contributed by atoms with Gasteiger partial charge >= 0.3 is 0 Å². The molecule has 0 saturated carbocycles. The standard InChI is InChI=1S/C19H20ClN3OS/c1-12-8-9-14(20)10-16(12)21-18(24)11-23(3)13(2)19-22-15-6-4-5-7-17(15)25-19/h4-10,13H,11H2,1-3H3,(H,21,24)/t13-/m1/s1. The van der Waals surface area contributed by atoms with Gasteiger partial charge in [-0.2, -0.15) is 0 Å². The number of hydrogen-bond acceptors (Lipinski definition) is 4. The van der Waals surface area contributed by atoms with Crippen LogP contribution in [0.2, 0.25) is 5.02 Å². The van der Waals surface area contributed by atoms with Gasteiger partial charge in [0, 0.05) is 10.7 Å². The van der Waals surface area contributed by atoms with Crippen LogP contribution in [0.3, 0.4) is 0 Å². The molecule has 2 aromatic carbocycles. The van der Waals surface area contributed by atoms with Crippen LogP contribution in [-0.4, -0.2) is 29.4 Å². The Hall–Kier alpha value is -1.95. The number of hydrogen-bond donors (Lipinski definition) is 1. The van der Waals surface area contributed by atoms with Gasteiger partial charge in [0.15, 0.2) is 0 Å². The third-order valence-electron chi connectivity index (χ3n) is 4.20. The number of thiazole rings is 1. The van der Waals surface area contributed by atoms with E-state index in [0.29, 0.717) is 5.02 Å². The monoisotopic (exact) mass is 373 g/mol. The number of halogens is 1. The van der Waals surface area contributed by atoms with Crippen LogP contribution in [0.5, 0.6) is 0 Å². The van der Waals surface area contributed by atoms with Crippen LogP contribution in [0, 0.1) is 6.92 Å². The molecule has 0 unspecified atom stereocenters. The van der Waals surface area contributed by atoms with Crippen molar-refractivity contribution in [3.8, 4) is 0 Å². The van der Waals surface area contributed by atoms with Crippen molar-refractivity contribution in [1.29, 1.82) is 0 Å². The van der Waals surface area contributed by atoms with Gasteiger partial charge in [-0.25, -0.2) is 4.98 Å². The van der Waals surface area contributed by atoms with Crippen LogP contribution in [0.25, 0.3) is 10.2 Å². The zero-order valence-corrected chi connectivity index (χ0v) is 16.0. The third-order valence-corrected chi connectivity index (χ3v) is 5.64. The smallest absolute Gasteiger partial charge is 0.238 e. The summed E-state index contributed by atoms with van der Waals surface area (Å²) in [5, 5.41) is 4.55. The highest BCUT2D eigenvalue weighted by Gasteiger charge is 2.18. The summed E-state index contributed by atoms with van der Waals surface area (Å²) in [6.07, 6.45) is 0. The van der Waals surface area contributed by atoms with Crippen LogP contribution in [0.1, 0.15) is 23.5 Å². The maximum Gasteiger partial charge on any atom is 0.238 e. The molecule has 0 aliphatic rings. The summed E-state index contributed by atoms with van der Waals surface area (Å²) in [6, 6.07) is 13.6. The first kappa shape index (κ1) is 17.9. The normalized spacial score (nSPS) is 12.5. The molecule has 0 radical (unpaired) electrons. The number of carbonyl (C=O) groups excluding carboxylic acids is 1. The number of anilines is 1. The number of aromatic nitrogens is 1. The average molecular weight is 374 g/mol. The Morgan fingerprint density at radius 2 is 2.08 bits per heavy atom. The van der Waals surface area contributed by atoms with E-state index in [1.807, 2.05) is 49.2 Å². The molecule has 0 bridgehead atoms. The molecule has 4 nitrogen and oxygen atoms in total. The van der Waals surface area contributed by atoms with Crippen LogP contribution in [-0.2, 0) is 4.79 Å². The van der Waals surface area contributed by atoms with E-state index in [9.17, 15) is 4.79 Å². The highest BCUT2D eigenvalue weighted by molar-refractivity contribution is 7.18. The van der Waals surface area contributed by atoms with E-state index in [0.717, 1.165) is 26.5 Å². The molecule has 0 aliphatic carbocycles. The van der Waals surface area contributed by atoms with Crippen molar-refractivity contribution in [2.75, 3.05) is 18.9 Å². The van der Waals surface area contributed by atoms with E-state index in [2.05, 4.69) is 23.3 Å². The van der Waals surface area contributed by atoms with Crippen molar-refractivity contribution in [2.45, 2.75) is 19.9 Å². The number of fused-ring (bicyclic) bond motifs is 1. The van der Waals surface area contributed by atoms with Crippen LogP contribution in [0.4, 0.5) is 5.69 Å². The zero-order chi connectivity index (χ0) is 18.0. The minimum absolute atomic E-state index is 0.0589. The van der Waals surface area contributed by atoms with Gasteiger partial charge < -0.3 is 5.32 Å². The Morgan fingerprint density at radius 3 is 2.84 bits per heavy atom. The minimum Gasteiger partial charge on any atom is -0.325 e. The van der Waals surface area contributed by atoms with Gasteiger partial charge in [-0.3, -0.25) is 9.69 Å². The lowest BCUT2D eigenvalue weighted by Gasteiger charge is -2.22. The van der Waals surface area contributed by atoms with E-state index >= 15 is 0 Å². The summed E-state index contributed by atoms with van der Waals surface area (Å²) in [5.41, 5.74) is 2.74. The fourth-order valence-electron chi connectivity index (χ4n) is 2.54. The molecular formula is C19H20ClN3OS. The molecule has 130 valence electrons. The summed E-state index contributed by atoms with van der Waals surface area (Å²) in [7, 11) is 1.93. The van der Waals surface area contributed by atoms with Gasteiger partial charge in [0.1, 0.15) is 5.01 Å². The van der Waals surface area contributed by atoms with Gasteiger partial charge in [-0.05, 0) is 50.7 Å². The fourth-order valence-corrected chi connectivity index (χ4v) is 3.80.